The number of nitrogens with one attached hydrogen (secondary N) is 2. The van der Waals surface area contributed by atoms with Crippen LogP contribution in [-0.4, -0.2) is 42.1 Å². The van der Waals surface area contributed by atoms with Gasteiger partial charge >= 0.3 is 0 Å². The van der Waals surface area contributed by atoms with Gasteiger partial charge in [-0.2, -0.15) is 0 Å². The van der Waals surface area contributed by atoms with Gasteiger partial charge in [0.1, 0.15) is 0 Å². The number of hydrogen-bond acceptors (Lipinski definition) is 4. The van der Waals surface area contributed by atoms with Crippen molar-refractivity contribution in [1.82, 2.24) is 10.2 Å². The molecule has 1 aromatic heterocycles. The third-order valence-corrected chi connectivity index (χ3v) is 4.95. The van der Waals surface area contributed by atoms with Crippen LogP contribution in [0, 0.1) is 5.41 Å². The monoisotopic (exact) mass is 359 g/mol. The lowest BCUT2D eigenvalue weighted by atomic mass is 10.0. The molecule has 134 valence electrons. The van der Waals surface area contributed by atoms with E-state index in [4.69, 9.17) is 10.5 Å². The van der Waals surface area contributed by atoms with Crippen molar-refractivity contribution < 1.29 is 9.90 Å². The number of aliphatic hydroxyl groups is 1. The summed E-state index contributed by atoms with van der Waals surface area (Å²) in [5.74, 6) is 0.0749. The Hall–Kier alpha value is -2.18. The highest BCUT2D eigenvalue weighted by Crippen LogP contribution is 2.27. The average Bonchev–Trinajstić information content (AvgIpc) is 3.09. The molecule has 0 aliphatic carbocycles. The van der Waals surface area contributed by atoms with Crippen molar-refractivity contribution >= 4 is 23.2 Å². The highest BCUT2D eigenvalue weighted by Gasteiger charge is 2.13. The van der Waals surface area contributed by atoms with Crippen LogP contribution in [0.25, 0.3) is 11.1 Å². The van der Waals surface area contributed by atoms with Crippen LogP contribution in [0.15, 0.2) is 35.7 Å². The van der Waals surface area contributed by atoms with Gasteiger partial charge in [-0.15, -0.1) is 11.3 Å². The molecular formula is C19H25N3O2S. The summed E-state index contributed by atoms with van der Waals surface area (Å²) in [6.45, 7) is 2.67. The van der Waals surface area contributed by atoms with Crippen molar-refractivity contribution in [3.8, 4) is 11.1 Å². The smallest absolute Gasteiger partial charge is 0.229 e. The number of carbonyl (C=O) groups excluding carboxylic acids is 1. The molecular weight excluding hydrogens is 334 g/mol. The molecule has 2 rings (SSSR count). The van der Waals surface area contributed by atoms with Crippen molar-refractivity contribution in [1.29, 1.82) is 5.41 Å². The van der Waals surface area contributed by atoms with E-state index in [2.05, 4.69) is 28.9 Å². The Bertz CT molecular complexity index is 727. The molecule has 0 aliphatic heterocycles. The van der Waals surface area contributed by atoms with Gasteiger partial charge in [0, 0.05) is 31.5 Å². The van der Waals surface area contributed by atoms with E-state index >= 15 is 0 Å². The predicted octanol–water partition coefficient (Wildman–Crippen LogP) is 2.89. The second-order valence-corrected chi connectivity index (χ2v) is 6.80. The Kier molecular flexibility index (Phi) is 7.16. The molecule has 0 saturated heterocycles. The summed E-state index contributed by atoms with van der Waals surface area (Å²) >= 11 is 1.65. The van der Waals surface area contributed by atoms with Crippen molar-refractivity contribution in [2.45, 2.75) is 26.2 Å². The highest BCUT2D eigenvalue weighted by atomic mass is 32.1. The maximum absolute atomic E-state index is 12.2. The predicted molar refractivity (Wildman–Crippen MR) is 103 cm³/mol. The topological polar surface area (TPSA) is 76.4 Å². The molecule has 0 saturated carbocycles. The molecule has 5 nitrogen and oxygen atoms in total. The summed E-state index contributed by atoms with van der Waals surface area (Å²) in [4.78, 5) is 14.7. The first-order valence-electron chi connectivity index (χ1n) is 8.41. The van der Waals surface area contributed by atoms with Gasteiger partial charge in [-0.25, -0.2) is 0 Å². The van der Waals surface area contributed by atoms with E-state index in [1.165, 1.54) is 4.90 Å². The minimum absolute atomic E-state index is 0.0640. The number of nitrogens with zero attached hydrogens (tertiary/aromatic N) is 1. The van der Waals surface area contributed by atoms with Gasteiger partial charge in [0.2, 0.25) is 5.91 Å². The number of guanidine groups is 1. The molecule has 0 aliphatic rings. The fourth-order valence-electron chi connectivity index (χ4n) is 2.51. The van der Waals surface area contributed by atoms with E-state index in [1.807, 2.05) is 19.1 Å². The Morgan fingerprint density at radius 3 is 2.80 bits per heavy atom. The standard InChI is InChI=1S/C19H25N3O2S/c1-3-21-19(20)22(2)18(24)8-7-17-12-16(13-25-17)15-6-4-5-14(11-15)9-10-23/h4-6,11-13,23H,3,7-10H2,1-2H3,(H2,20,21). The van der Waals surface area contributed by atoms with E-state index in [0.717, 1.165) is 21.6 Å². The summed E-state index contributed by atoms with van der Waals surface area (Å²) in [6.07, 6.45) is 1.71. The summed E-state index contributed by atoms with van der Waals surface area (Å²) in [5, 5.41) is 21.8. The number of rotatable bonds is 7. The molecule has 0 unspecified atom stereocenters. The molecule has 1 aromatic carbocycles. The van der Waals surface area contributed by atoms with Crippen molar-refractivity contribution in [2.75, 3.05) is 20.2 Å². The summed E-state index contributed by atoms with van der Waals surface area (Å²) in [5.41, 5.74) is 3.39. The SMILES string of the molecule is CCNC(=N)N(C)C(=O)CCc1cc(-c2cccc(CCO)c2)cs1. The molecule has 0 radical (unpaired) electrons. The molecule has 3 N–H and O–H groups in total. The lowest BCUT2D eigenvalue weighted by molar-refractivity contribution is -0.126. The number of amides is 1. The summed E-state index contributed by atoms with van der Waals surface area (Å²) in [6, 6.07) is 10.3. The third-order valence-electron chi connectivity index (χ3n) is 3.95. The van der Waals surface area contributed by atoms with Gasteiger partial charge in [-0.3, -0.25) is 15.1 Å². The zero-order valence-electron chi connectivity index (χ0n) is 14.7. The van der Waals surface area contributed by atoms with Crippen LogP contribution in [0.4, 0.5) is 0 Å². The summed E-state index contributed by atoms with van der Waals surface area (Å²) < 4.78 is 0. The Balaban J connectivity index is 1.96. The van der Waals surface area contributed by atoms with Gasteiger partial charge in [0.25, 0.3) is 0 Å². The normalized spacial score (nSPS) is 10.5. The second kappa shape index (κ2) is 9.34. The lowest BCUT2D eigenvalue weighted by Crippen LogP contribution is -2.41. The quantitative estimate of drug-likeness (QED) is 0.525. The number of thiophene rings is 1. The highest BCUT2D eigenvalue weighted by molar-refractivity contribution is 7.10. The van der Waals surface area contributed by atoms with Crippen LogP contribution < -0.4 is 5.32 Å². The van der Waals surface area contributed by atoms with Crippen molar-refractivity contribution in [3.05, 3.63) is 46.2 Å². The minimum atomic E-state index is -0.0640. The van der Waals surface area contributed by atoms with E-state index in [1.54, 1.807) is 18.4 Å². The molecule has 2 aromatic rings. The molecule has 1 amide bonds. The van der Waals surface area contributed by atoms with Gasteiger partial charge in [-0.05, 0) is 47.9 Å². The van der Waals surface area contributed by atoms with Crippen molar-refractivity contribution in [2.24, 2.45) is 0 Å². The van der Waals surface area contributed by atoms with Crippen molar-refractivity contribution in [3.63, 3.8) is 0 Å². The lowest BCUT2D eigenvalue weighted by Gasteiger charge is -2.18. The first kappa shape index (κ1) is 19.1. The number of aliphatic hydroxyl groups excluding tert-OH is 1. The van der Waals surface area contributed by atoms with Gasteiger partial charge in [0.05, 0.1) is 0 Å². The molecule has 0 atom stereocenters. The second-order valence-electron chi connectivity index (χ2n) is 5.81. The molecule has 6 heteroatoms. The molecule has 0 spiro atoms. The molecule has 25 heavy (non-hydrogen) atoms. The molecule has 1 heterocycles. The fourth-order valence-corrected chi connectivity index (χ4v) is 3.40. The van der Waals surface area contributed by atoms with E-state index in [-0.39, 0.29) is 18.5 Å². The van der Waals surface area contributed by atoms with Crippen LogP contribution in [-0.2, 0) is 17.6 Å². The zero-order valence-corrected chi connectivity index (χ0v) is 15.5. The number of benzene rings is 1. The number of hydrogen-bond donors (Lipinski definition) is 3. The average molecular weight is 359 g/mol. The van der Waals surface area contributed by atoms with Gasteiger partial charge < -0.3 is 10.4 Å². The number of carbonyl (C=O) groups is 1. The van der Waals surface area contributed by atoms with Gasteiger partial charge in [0.15, 0.2) is 5.96 Å². The maximum Gasteiger partial charge on any atom is 0.229 e. The van der Waals surface area contributed by atoms with E-state index in [0.29, 0.717) is 25.8 Å². The van der Waals surface area contributed by atoms with Crippen LogP contribution in [0.1, 0.15) is 23.8 Å². The Morgan fingerprint density at radius 1 is 1.28 bits per heavy atom. The molecule has 0 fully saturated rings. The first-order valence-corrected chi connectivity index (χ1v) is 9.29. The molecule has 0 bridgehead atoms. The third kappa shape index (κ3) is 5.41. The fraction of sp³-hybridized carbons (Fsp3) is 0.368. The zero-order chi connectivity index (χ0) is 18.2. The van der Waals surface area contributed by atoms with E-state index in [9.17, 15) is 4.79 Å². The summed E-state index contributed by atoms with van der Waals surface area (Å²) in [7, 11) is 1.62. The van der Waals surface area contributed by atoms with E-state index < -0.39 is 0 Å². The van der Waals surface area contributed by atoms with Crippen LogP contribution in [0.3, 0.4) is 0 Å². The Labute approximate surface area is 152 Å². The van der Waals surface area contributed by atoms with Gasteiger partial charge in [-0.1, -0.05) is 24.3 Å². The first-order chi connectivity index (χ1) is 12.0. The van der Waals surface area contributed by atoms with Crippen LogP contribution in [0.5, 0.6) is 0 Å². The van der Waals surface area contributed by atoms with Crippen LogP contribution >= 0.6 is 11.3 Å². The Morgan fingerprint density at radius 2 is 2.08 bits per heavy atom. The van der Waals surface area contributed by atoms with Crippen LogP contribution in [0.2, 0.25) is 0 Å². The largest absolute Gasteiger partial charge is 0.396 e. The number of aryl methyl sites for hydroxylation is 1. The maximum atomic E-state index is 12.2. The minimum Gasteiger partial charge on any atom is -0.396 e.